The Balaban J connectivity index is 1.47. The van der Waals surface area contributed by atoms with Gasteiger partial charge in [0.05, 0.1) is 18.3 Å². The van der Waals surface area contributed by atoms with Crippen molar-refractivity contribution in [2.24, 2.45) is 5.41 Å². The zero-order chi connectivity index (χ0) is 20.3. The number of piperidine rings is 1. The predicted molar refractivity (Wildman–Crippen MR) is 108 cm³/mol. The summed E-state index contributed by atoms with van der Waals surface area (Å²) in [6.07, 6.45) is 6.00. The van der Waals surface area contributed by atoms with Crippen molar-refractivity contribution in [3.05, 3.63) is 53.4 Å². The van der Waals surface area contributed by atoms with Crippen LogP contribution in [0.1, 0.15) is 61.5 Å². The zero-order valence-corrected chi connectivity index (χ0v) is 16.8. The molecule has 4 rings (SSSR count). The van der Waals surface area contributed by atoms with Gasteiger partial charge in [-0.2, -0.15) is 0 Å². The number of benzene rings is 1. The monoisotopic (exact) mass is 398 g/mol. The van der Waals surface area contributed by atoms with Crippen LogP contribution in [0, 0.1) is 5.41 Å². The van der Waals surface area contributed by atoms with Crippen LogP contribution in [-0.2, 0) is 17.8 Å². The molecule has 2 atom stereocenters. The Morgan fingerprint density at radius 2 is 1.93 bits per heavy atom. The Morgan fingerprint density at radius 3 is 2.66 bits per heavy atom. The zero-order valence-electron chi connectivity index (χ0n) is 16.8. The minimum atomic E-state index is -1.22. The van der Waals surface area contributed by atoms with Crippen molar-refractivity contribution >= 4 is 5.97 Å². The molecule has 156 valence electrons. The van der Waals surface area contributed by atoms with Crippen LogP contribution < -0.4 is 0 Å². The molecule has 0 spiro atoms. The highest BCUT2D eigenvalue weighted by Gasteiger charge is 2.49. The van der Waals surface area contributed by atoms with Gasteiger partial charge < -0.3 is 14.7 Å². The molecule has 1 aliphatic heterocycles. The predicted octanol–water partition coefficient (Wildman–Crippen LogP) is 3.60. The number of aromatic nitrogens is 1. The molecule has 1 saturated carbocycles. The van der Waals surface area contributed by atoms with Crippen molar-refractivity contribution in [2.75, 3.05) is 13.1 Å². The lowest BCUT2D eigenvalue weighted by molar-refractivity contribution is -0.163. The normalized spacial score (nSPS) is 26.4. The van der Waals surface area contributed by atoms with Gasteiger partial charge in [-0.1, -0.05) is 54.8 Å². The fourth-order valence-electron chi connectivity index (χ4n) is 4.93. The Morgan fingerprint density at radius 1 is 1.17 bits per heavy atom. The summed E-state index contributed by atoms with van der Waals surface area (Å²) < 4.78 is 5.59. The molecule has 2 aliphatic rings. The fraction of sp³-hybridized carbons (Fsp3) is 0.565. The van der Waals surface area contributed by atoms with Gasteiger partial charge in [-0.25, -0.2) is 0 Å². The first-order valence-electron chi connectivity index (χ1n) is 10.7. The SMILES string of the molecule is O=C(O)[C@@]1(Cc2ccccc2)CN(Cc2cc(C3CCCCC3)no2)CCC1O. The maximum absolute atomic E-state index is 12.3. The Hall–Kier alpha value is -2.18. The molecule has 1 saturated heterocycles. The third-order valence-electron chi connectivity index (χ3n) is 6.63. The van der Waals surface area contributed by atoms with E-state index in [-0.39, 0.29) is 6.54 Å². The number of aliphatic hydroxyl groups is 1. The van der Waals surface area contributed by atoms with Crippen molar-refractivity contribution < 1.29 is 19.5 Å². The van der Waals surface area contributed by atoms with Crippen LogP contribution >= 0.6 is 0 Å². The van der Waals surface area contributed by atoms with Crippen LogP contribution in [0.3, 0.4) is 0 Å². The van der Waals surface area contributed by atoms with E-state index in [1.165, 1.54) is 32.1 Å². The summed E-state index contributed by atoms with van der Waals surface area (Å²) >= 11 is 0. The van der Waals surface area contributed by atoms with E-state index in [1.54, 1.807) is 0 Å². The number of carboxylic acids is 1. The number of hydrogen-bond acceptors (Lipinski definition) is 5. The van der Waals surface area contributed by atoms with Crippen molar-refractivity contribution in [2.45, 2.75) is 63.5 Å². The molecule has 6 heteroatoms. The highest BCUT2D eigenvalue weighted by molar-refractivity contribution is 5.76. The van der Waals surface area contributed by atoms with Gasteiger partial charge in [0, 0.05) is 25.1 Å². The summed E-state index contributed by atoms with van der Waals surface area (Å²) in [7, 11) is 0. The number of carbonyl (C=O) groups is 1. The standard InChI is InChI=1S/C23H30N2O4/c26-21-11-12-25(15-19-13-20(24-29-19)18-9-5-2-6-10-18)16-23(21,22(27)28)14-17-7-3-1-4-8-17/h1,3-4,7-8,13,18,21,26H,2,5-6,9-12,14-16H2,(H,27,28)/t21?,23-/m0/s1. The highest BCUT2D eigenvalue weighted by Crippen LogP contribution is 2.36. The smallest absolute Gasteiger partial charge is 0.313 e. The Bertz CT molecular complexity index is 815. The van der Waals surface area contributed by atoms with Gasteiger partial charge in [0.2, 0.25) is 0 Å². The van der Waals surface area contributed by atoms with Crippen molar-refractivity contribution in [1.82, 2.24) is 10.1 Å². The summed E-state index contributed by atoms with van der Waals surface area (Å²) in [6, 6.07) is 11.6. The average Bonchev–Trinajstić information content (AvgIpc) is 3.20. The van der Waals surface area contributed by atoms with E-state index in [4.69, 9.17) is 4.52 Å². The number of hydrogen-bond donors (Lipinski definition) is 2. The average molecular weight is 399 g/mol. The molecule has 2 aromatic rings. The molecule has 1 unspecified atom stereocenters. The molecular formula is C23H30N2O4. The number of rotatable bonds is 6. The largest absolute Gasteiger partial charge is 0.481 e. The first-order chi connectivity index (χ1) is 14.1. The van der Waals surface area contributed by atoms with Gasteiger partial charge in [0.1, 0.15) is 5.41 Å². The molecule has 2 N–H and O–H groups in total. The van der Waals surface area contributed by atoms with Gasteiger partial charge in [-0.15, -0.1) is 0 Å². The lowest BCUT2D eigenvalue weighted by atomic mass is 9.73. The Kier molecular flexibility index (Phi) is 6.01. The molecule has 29 heavy (non-hydrogen) atoms. The van der Waals surface area contributed by atoms with Crippen LogP contribution in [0.5, 0.6) is 0 Å². The van der Waals surface area contributed by atoms with E-state index in [1.807, 2.05) is 36.4 Å². The topological polar surface area (TPSA) is 86.8 Å². The van der Waals surface area contributed by atoms with Crippen LogP contribution in [-0.4, -0.2) is 45.4 Å². The number of aliphatic carboxylic acids is 1. The maximum atomic E-state index is 12.3. The van der Waals surface area contributed by atoms with Gasteiger partial charge >= 0.3 is 5.97 Å². The summed E-state index contributed by atoms with van der Waals surface area (Å²) in [6.45, 7) is 1.46. The number of carboxylic acid groups (broad SMARTS) is 1. The summed E-state index contributed by atoms with van der Waals surface area (Å²) in [5.41, 5.74) is 0.742. The second kappa shape index (κ2) is 8.67. The van der Waals surface area contributed by atoms with Gasteiger partial charge in [-0.05, 0) is 31.2 Å². The Labute approximate surface area is 171 Å². The van der Waals surface area contributed by atoms with E-state index >= 15 is 0 Å². The highest BCUT2D eigenvalue weighted by atomic mass is 16.5. The third-order valence-corrected chi connectivity index (χ3v) is 6.63. The molecule has 6 nitrogen and oxygen atoms in total. The lowest BCUT2D eigenvalue weighted by Gasteiger charge is -2.43. The van der Waals surface area contributed by atoms with Gasteiger partial charge in [-0.3, -0.25) is 9.69 Å². The quantitative estimate of drug-likeness (QED) is 0.773. The van der Waals surface area contributed by atoms with E-state index in [2.05, 4.69) is 10.1 Å². The molecular weight excluding hydrogens is 368 g/mol. The molecule has 0 amide bonds. The number of likely N-dealkylation sites (tertiary alicyclic amines) is 1. The molecule has 0 bridgehead atoms. The van der Waals surface area contributed by atoms with E-state index in [9.17, 15) is 15.0 Å². The van der Waals surface area contributed by atoms with Crippen molar-refractivity contribution in [1.29, 1.82) is 0 Å². The second-order valence-corrected chi connectivity index (χ2v) is 8.69. The number of aliphatic hydroxyl groups excluding tert-OH is 1. The van der Waals surface area contributed by atoms with Gasteiger partial charge in [0.25, 0.3) is 0 Å². The van der Waals surface area contributed by atoms with Crippen LogP contribution in [0.25, 0.3) is 0 Å². The minimum Gasteiger partial charge on any atom is -0.481 e. The maximum Gasteiger partial charge on any atom is 0.313 e. The minimum absolute atomic E-state index is 0.290. The second-order valence-electron chi connectivity index (χ2n) is 8.69. The molecule has 1 aliphatic carbocycles. The van der Waals surface area contributed by atoms with E-state index in [0.29, 0.717) is 31.8 Å². The number of nitrogens with zero attached hydrogens (tertiary/aromatic N) is 2. The van der Waals surface area contributed by atoms with Crippen LogP contribution in [0.2, 0.25) is 0 Å². The fourth-order valence-corrected chi connectivity index (χ4v) is 4.93. The molecule has 1 aromatic heterocycles. The molecule has 1 aromatic carbocycles. The van der Waals surface area contributed by atoms with Crippen molar-refractivity contribution in [3.63, 3.8) is 0 Å². The van der Waals surface area contributed by atoms with Crippen LogP contribution in [0.4, 0.5) is 0 Å². The lowest BCUT2D eigenvalue weighted by Crippen LogP contribution is -2.56. The summed E-state index contributed by atoms with van der Waals surface area (Å²) in [4.78, 5) is 14.4. The van der Waals surface area contributed by atoms with Gasteiger partial charge in [0.15, 0.2) is 5.76 Å². The van der Waals surface area contributed by atoms with Crippen LogP contribution in [0.15, 0.2) is 40.9 Å². The third kappa shape index (κ3) is 4.38. The first kappa shape index (κ1) is 20.1. The van der Waals surface area contributed by atoms with E-state index < -0.39 is 17.5 Å². The van der Waals surface area contributed by atoms with E-state index in [0.717, 1.165) is 17.0 Å². The molecule has 0 radical (unpaired) electrons. The summed E-state index contributed by atoms with van der Waals surface area (Å²) in [5.74, 6) is 0.320. The molecule has 2 heterocycles. The summed E-state index contributed by atoms with van der Waals surface area (Å²) in [5, 5.41) is 25.0. The van der Waals surface area contributed by atoms with Crippen molar-refractivity contribution in [3.8, 4) is 0 Å². The first-order valence-corrected chi connectivity index (χ1v) is 10.7. The molecule has 2 fully saturated rings.